The summed E-state index contributed by atoms with van der Waals surface area (Å²) in [5.41, 5.74) is 2.07. The average molecular weight is 170 g/mol. The summed E-state index contributed by atoms with van der Waals surface area (Å²) < 4.78 is 0. The van der Waals surface area contributed by atoms with E-state index in [4.69, 9.17) is 11.6 Å². The minimum atomic E-state index is 0.269. The molecule has 0 saturated heterocycles. The molecule has 11 heavy (non-hydrogen) atoms. The zero-order chi connectivity index (χ0) is 7.68. The Morgan fingerprint density at radius 1 is 1.00 bits per heavy atom. The van der Waals surface area contributed by atoms with Gasteiger partial charge in [-0.2, -0.15) is 5.10 Å². The van der Waals surface area contributed by atoms with E-state index >= 15 is 0 Å². The molecule has 0 N–H and O–H groups in total. The van der Waals surface area contributed by atoms with Crippen LogP contribution in [0.1, 0.15) is 24.2 Å². The van der Waals surface area contributed by atoms with Crippen LogP contribution in [0.3, 0.4) is 0 Å². The first-order valence-corrected chi connectivity index (χ1v) is 4.12. The van der Waals surface area contributed by atoms with E-state index in [0.29, 0.717) is 0 Å². The van der Waals surface area contributed by atoms with Crippen molar-refractivity contribution in [3.8, 4) is 0 Å². The van der Waals surface area contributed by atoms with Crippen LogP contribution < -0.4 is 0 Å². The van der Waals surface area contributed by atoms with Gasteiger partial charge in [-0.05, 0) is 37.3 Å². The summed E-state index contributed by atoms with van der Waals surface area (Å²) in [6.07, 6.45) is 4.41. The fourth-order valence-electron chi connectivity index (χ4n) is 1.34. The molecule has 4 heteroatoms. The molecule has 0 saturated carbocycles. The van der Waals surface area contributed by atoms with Crippen LogP contribution in [0.5, 0.6) is 0 Å². The minimum absolute atomic E-state index is 0.269. The summed E-state index contributed by atoms with van der Waals surface area (Å²) in [7, 11) is 0. The van der Waals surface area contributed by atoms with E-state index in [1.54, 1.807) is 0 Å². The molecule has 0 aromatic carbocycles. The van der Waals surface area contributed by atoms with Crippen molar-refractivity contribution in [2.75, 3.05) is 0 Å². The molecular formula is C7H8ClN3. The van der Waals surface area contributed by atoms with E-state index in [2.05, 4.69) is 15.2 Å². The fraction of sp³-hybridized carbons (Fsp3) is 0.571. The van der Waals surface area contributed by atoms with Gasteiger partial charge in [0.25, 0.3) is 0 Å². The first kappa shape index (κ1) is 6.98. The Bertz CT molecular complexity index is 274. The first-order valence-electron chi connectivity index (χ1n) is 3.74. The van der Waals surface area contributed by atoms with Gasteiger partial charge in [0.15, 0.2) is 0 Å². The van der Waals surface area contributed by atoms with Crippen molar-refractivity contribution in [2.45, 2.75) is 25.7 Å². The average Bonchev–Trinajstić information content (AvgIpc) is 2.04. The van der Waals surface area contributed by atoms with Crippen LogP contribution in [0, 0.1) is 0 Å². The maximum absolute atomic E-state index is 5.59. The fourth-order valence-corrected chi connectivity index (χ4v) is 1.48. The monoisotopic (exact) mass is 169 g/mol. The van der Waals surface area contributed by atoms with E-state index in [1.807, 2.05) is 0 Å². The highest BCUT2D eigenvalue weighted by Crippen LogP contribution is 2.16. The molecule has 2 rings (SSSR count). The number of rotatable bonds is 0. The normalized spacial score (nSPS) is 16.1. The topological polar surface area (TPSA) is 38.7 Å². The smallest absolute Gasteiger partial charge is 0.220 e. The summed E-state index contributed by atoms with van der Waals surface area (Å²) in [5, 5.41) is 7.94. The molecule has 0 atom stereocenters. The van der Waals surface area contributed by atoms with Crippen LogP contribution in [-0.4, -0.2) is 15.2 Å². The van der Waals surface area contributed by atoms with Gasteiger partial charge in [0.2, 0.25) is 5.28 Å². The van der Waals surface area contributed by atoms with Gasteiger partial charge in [0.1, 0.15) is 0 Å². The third-order valence-electron chi connectivity index (χ3n) is 1.89. The molecular weight excluding hydrogens is 162 g/mol. The number of hydrogen-bond donors (Lipinski definition) is 0. The SMILES string of the molecule is Clc1nnc2c(n1)CCCC2. The molecule has 3 nitrogen and oxygen atoms in total. The summed E-state index contributed by atoms with van der Waals surface area (Å²) in [5.74, 6) is 0. The molecule has 0 spiro atoms. The molecule has 0 aliphatic heterocycles. The third kappa shape index (κ3) is 1.33. The van der Waals surface area contributed by atoms with Crippen molar-refractivity contribution < 1.29 is 0 Å². The van der Waals surface area contributed by atoms with Gasteiger partial charge < -0.3 is 0 Å². The van der Waals surface area contributed by atoms with Gasteiger partial charge in [-0.1, -0.05) is 0 Å². The van der Waals surface area contributed by atoms with Gasteiger partial charge in [-0.25, -0.2) is 4.98 Å². The van der Waals surface area contributed by atoms with E-state index in [-0.39, 0.29) is 5.28 Å². The van der Waals surface area contributed by atoms with E-state index in [0.717, 1.165) is 24.2 Å². The van der Waals surface area contributed by atoms with Crippen molar-refractivity contribution in [1.82, 2.24) is 15.2 Å². The van der Waals surface area contributed by atoms with Gasteiger partial charge in [0.05, 0.1) is 11.4 Å². The molecule has 1 aromatic heterocycles. The van der Waals surface area contributed by atoms with Gasteiger partial charge in [-0.15, -0.1) is 5.10 Å². The summed E-state index contributed by atoms with van der Waals surface area (Å²) in [6.45, 7) is 0. The lowest BCUT2D eigenvalue weighted by atomic mass is 10.0. The van der Waals surface area contributed by atoms with Gasteiger partial charge in [-0.3, -0.25) is 0 Å². The zero-order valence-electron chi connectivity index (χ0n) is 6.05. The Hall–Kier alpha value is -0.700. The van der Waals surface area contributed by atoms with Gasteiger partial charge >= 0.3 is 0 Å². The van der Waals surface area contributed by atoms with E-state index < -0.39 is 0 Å². The third-order valence-corrected chi connectivity index (χ3v) is 2.05. The number of aryl methyl sites for hydroxylation is 2. The Balaban J connectivity index is 2.43. The Morgan fingerprint density at radius 2 is 1.73 bits per heavy atom. The predicted molar refractivity (Wildman–Crippen MR) is 41.5 cm³/mol. The van der Waals surface area contributed by atoms with Crippen LogP contribution in [0.2, 0.25) is 5.28 Å². The number of aromatic nitrogens is 3. The Morgan fingerprint density at radius 3 is 2.55 bits per heavy atom. The quantitative estimate of drug-likeness (QED) is 0.590. The lowest BCUT2D eigenvalue weighted by molar-refractivity contribution is 0.632. The van der Waals surface area contributed by atoms with Crippen molar-refractivity contribution in [3.05, 3.63) is 16.7 Å². The van der Waals surface area contributed by atoms with Crippen molar-refractivity contribution >= 4 is 11.6 Å². The highest BCUT2D eigenvalue weighted by molar-refractivity contribution is 6.28. The molecule has 0 amide bonds. The number of hydrogen-bond acceptors (Lipinski definition) is 3. The summed E-state index contributed by atoms with van der Waals surface area (Å²) in [4.78, 5) is 4.11. The highest BCUT2D eigenvalue weighted by Gasteiger charge is 2.12. The Labute approximate surface area is 69.8 Å². The van der Waals surface area contributed by atoms with E-state index in [9.17, 15) is 0 Å². The number of halogens is 1. The molecule has 0 fully saturated rings. The van der Waals surface area contributed by atoms with Crippen molar-refractivity contribution in [2.24, 2.45) is 0 Å². The standard InChI is InChI=1S/C7H8ClN3/c8-7-9-5-3-1-2-4-6(5)10-11-7/h1-4H2. The van der Waals surface area contributed by atoms with Crippen molar-refractivity contribution in [3.63, 3.8) is 0 Å². The molecule has 1 heterocycles. The second kappa shape index (κ2) is 2.74. The zero-order valence-corrected chi connectivity index (χ0v) is 6.80. The molecule has 0 radical (unpaired) electrons. The molecule has 0 unspecified atom stereocenters. The highest BCUT2D eigenvalue weighted by atomic mass is 35.5. The first-order chi connectivity index (χ1) is 5.36. The second-order valence-corrected chi connectivity index (χ2v) is 3.02. The molecule has 1 aliphatic carbocycles. The van der Waals surface area contributed by atoms with Crippen LogP contribution in [0.25, 0.3) is 0 Å². The number of fused-ring (bicyclic) bond motifs is 1. The van der Waals surface area contributed by atoms with Gasteiger partial charge in [0, 0.05) is 0 Å². The maximum Gasteiger partial charge on any atom is 0.243 e. The van der Waals surface area contributed by atoms with E-state index in [1.165, 1.54) is 12.8 Å². The molecule has 1 aromatic rings. The Kier molecular flexibility index (Phi) is 1.74. The largest absolute Gasteiger partial charge is 0.243 e. The summed E-state index contributed by atoms with van der Waals surface area (Å²) in [6, 6.07) is 0. The van der Waals surface area contributed by atoms with Crippen LogP contribution in [0.15, 0.2) is 0 Å². The molecule has 58 valence electrons. The van der Waals surface area contributed by atoms with Crippen LogP contribution in [-0.2, 0) is 12.8 Å². The van der Waals surface area contributed by atoms with Crippen LogP contribution >= 0.6 is 11.6 Å². The van der Waals surface area contributed by atoms with Crippen molar-refractivity contribution in [1.29, 1.82) is 0 Å². The predicted octanol–water partition coefficient (Wildman–Crippen LogP) is 1.40. The molecule has 1 aliphatic rings. The maximum atomic E-state index is 5.59. The van der Waals surface area contributed by atoms with Crippen LogP contribution in [0.4, 0.5) is 0 Å². The molecule has 0 bridgehead atoms. The lowest BCUT2D eigenvalue weighted by Crippen LogP contribution is -2.09. The number of nitrogens with zero attached hydrogens (tertiary/aromatic N) is 3. The lowest BCUT2D eigenvalue weighted by Gasteiger charge is -2.11. The second-order valence-electron chi connectivity index (χ2n) is 2.68. The summed E-state index contributed by atoms with van der Waals surface area (Å²) >= 11 is 5.59. The minimum Gasteiger partial charge on any atom is -0.220 e.